The van der Waals surface area contributed by atoms with Crippen molar-refractivity contribution in [3.63, 3.8) is 0 Å². The van der Waals surface area contributed by atoms with E-state index in [9.17, 15) is 4.79 Å². The molecule has 1 amide bonds. The number of benzene rings is 1. The van der Waals surface area contributed by atoms with Crippen LogP contribution in [0.2, 0.25) is 0 Å². The Morgan fingerprint density at radius 2 is 2.25 bits per heavy atom. The molecule has 1 atom stereocenters. The van der Waals surface area contributed by atoms with Crippen molar-refractivity contribution in [3.05, 3.63) is 44.9 Å². The second kappa shape index (κ2) is 5.66. The van der Waals surface area contributed by atoms with Crippen LogP contribution in [0.1, 0.15) is 34.3 Å². The number of nitrogens with zero attached hydrogens (tertiary/aromatic N) is 1. The third-order valence-electron chi connectivity index (χ3n) is 3.52. The molecule has 0 aliphatic heterocycles. The molecule has 0 saturated heterocycles. The van der Waals surface area contributed by atoms with E-state index in [2.05, 4.69) is 33.2 Å². The molecule has 1 aliphatic rings. The maximum absolute atomic E-state index is 12.2. The number of halogens is 1. The summed E-state index contributed by atoms with van der Waals surface area (Å²) < 4.78 is 0.799. The molecule has 104 valence electrons. The summed E-state index contributed by atoms with van der Waals surface area (Å²) in [6.45, 7) is 2.27. The smallest absolute Gasteiger partial charge is 0.258 e. The van der Waals surface area contributed by atoms with Gasteiger partial charge in [0.15, 0.2) is 5.13 Å². The minimum Gasteiger partial charge on any atom is -0.298 e. The van der Waals surface area contributed by atoms with Crippen molar-refractivity contribution in [2.75, 3.05) is 5.32 Å². The van der Waals surface area contributed by atoms with Crippen molar-refractivity contribution < 1.29 is 4.79 Å². The van der Waals surface area contributed by atoms with Gasteiger partial charge in [0, 0.05) is 9.35 Å². The first-order valence-electron chi connectivity index (χ1n) is 6.68. The van der Waals surface area contributed by atoms with Crippen LogP contribution in [0, 0.1) is 5.92 Å². The van der Waals surface area contributed by atoms with Crippen LogP contribution in [0.15, 0.2) is 28.7 Å². The molecule has 0 fully saturated rings. The Balaban J connectivity index is 1.79. The number of anilines is 1. The van der Waals surface area contributed by atoms with Crippen molar-refractivity contribution in [2.24, 2.45) is 5.92 Å². The molecule has 20 heavy (non-hydrogen) atoms. The summed E-state index contributed by atoms with van der Waals surface area (Å²) in [5.41, 5.74) is 1.80. The van der Waals surface area contributed by atoms with Crippen LogP contribution in [0.4, 0.5) is 5.13 Å². The van der Waals surface area contributed by atoms with Crippen molar-refractivity contribution in [2.45, 2.75) is 26.2 Å². The maximum atomic E-state index is 12.2. The lowest BCUT2D eigenvalue weighted by molar-refractivity contribution is 0.102. The normalized spacial score (nSPS) is 17.6. The van der Waals surface area contributed by atoms with Crippen molar-refractivity contribution in [3.8, 4) is 0 Å². The summed E-state index contributed by atoms with van der Waals surface area (Å²) in [5.74, 6) is 0.603. The first-order valence-corrected chi connectivity index (χ1v) is 8.29. The molecule has 1 aliphatic carbocycles. The van der Waals surface area contributed by atoms with Crippen LogP contribution in [0.3, 0.4) is 0 Å². The predicted molar refractivity (Wildman–Crippen MR) is 85.4 cm³/mol. The molecular formula is C15H15BrN2OS. The van der Waals surface area contributed by atoms with Gasteiger partial charge in [0.05, 0.1) is 11.3 Å². The van der Waals surface area contributed by atoms with E-state index >= 15 is 0 Å². The summed E-state index contributed by atoms with van der Waals surface area (Å²) in [7, 11) is 0. The van der Waals surface area contributed by atoms with Gasteiger partial charge in [-0.05, 0) is 53.2 Å². The molecule has 1 aromatic heterocycles. The number of carbonyl (C=O) groups is 1. The fraction of sp³-hybridized carbons (Fsp3) is 0.333. The molecular weight excluding hydrogens is 336 g/mol. The van der Waals surface area contributed by atoms with Crippen LogP contribution in [-0.2, 0) is 12.8 Å². The number of aryl methyl sites for hydroxylation is 1. The number of hydrogen-bond donors (Lipinski definition) is 1. The van der Waals surface area contributed by atoms with Gasteiger partial charge in [-0.25, -0.2) is 4.98 Å². The zero-order chi connectivity index (χ0) is 14.1. The molecule has 0 bridgehead atoms. The van der Waals surface area contributed by atoms with Crippen LogP contribution in [0.25, 0.3) is 0 Å². The Bertz CT molecular complexity index is 653. The number of thiazole rings is 1. The first kappa shape index (κ1) is 13.8. The fourth-order valence-electron chi connectivity index (χ4n) is 2.40. The van der Waals surface area contributed by atoms with E-state index in [4.69, 9.17) is 0 Å². The first-order chi connectivity index (χ1) is 9.63. The van der Waals surface area contributed by atoms with E-state index in [-0.39, 0.29) is 5.91 Å². The van der Waals surface area contributed by atoms with Gasteiger partial charge in [0.2, 0.25) is 0 Å². The number of nitrogens with one attached hydrogen (secondary N) is 1. The minimum absolute atomic E-state index is 0.114. The van der Waals surface area contributed by atoms with Crippen LogP contribution >= 0.6 is 27.3 Å². The minimum atomic E-state index is -0.114. The average Bonchev–Trinajstić information content (AvgIpc) is 2.80. The van der Waals surface area contributed by atoms with Gasteiger partial charge in [0.1, 0.15) is 0 Å². The zero-order valence-corrected chi connectivity index (χ0v) is 13.6. The largest absolute Gasteiger partial charge is 0.298 e. The SMILES string of the molecule is CC1CCc2nc(NC(=O)c3ccccc3Br)sc2C1. The molecule has 3 rings (SSSR count). The van der Waals surface area contributed by atoms with Gasteiger partial charge in [-0.3, -0.25) is 10.1 Å². The Labute approximate surface area is 130 Å². The third-order valence-corrected chi connectivity index (χ3v) is 5.25. The number of amides is 1. The maximum Gasteiger partial charge on any atom is 0.258 e. The summed E-state index contributed by atoms with van der Waals surface area (Å²) >= 11 is 5.01. The Morgan fingerprint density at radius 3 is 3.05 bits per heavy atom. The Morgan fingerprint density at radius 1 is 1.45 bits per heavy atom. The lowest BCUT2D eigenvalue weighted by atomic mass is 9.93. The van der Waals surface area contributed by atoms with Crippen molar-refractivity contribution in [1.29, 1.82) is 0 Å². The van der Waals surface area contributed by atoms with E-state index < -0.39 is 0 Å². The molecule has 1 aromatic carbocycles. The quantitative estimate of drug-likeness (QED) is 0.877. The van der Waals surface area contributed by atoms with Gasteiger partial charge >= 0.3 is 0 Å². The molecule has 3 nitrogen and oxygen atoms in total. The second-order valence-corrected chi connectivity index (χ2v) is 7.11. The van der Waals surface area contributed by atoms with Gasteiger partial charge in [-0.2, -0.15) is 0 Å². The second-order valence-electron chi connectivity index (χ2n) is 5.17. The predicted octanol–water partition coefficient (Wildman–Crippen LogP) is 4.28. The topological polar surface area (TPSA) is 42.0 Å². The monoisotopic (exact) mass is 350 g/mol. The van der Waals surface area contributed by atoms with E-state index in [1.807, 2.05) is 18.2 Å². The Hall–Kier alpha value is -1.20. The molecule has 1 N–H and O–H groups in total. The summed E-state index contributed by atoms with van der Waals surface area (Å²) in [4.78, 5) is 18.1. The number of carbonyl (C=O) groups excluding carboxylic acids is 1. The number of hydrogen-bond acceptors (Lipinski definition) is 3. The number of fused-ring (bicyclic) bond motifs is 1. The van der Waals surface area contributed by atoms with Gasteiger partial charge in [-0.15, -0.1) is 11.3 Å². The highest BCUT2D eigenvalue weighted by Crippen LogP contribution is 2.32. The molecule has 5 heteroatoms. The third kappa shape index (κ3) is 2.79. The van der Waals surface area contributed by atoms with Crippen LogP contribution in [0.5, 0.6) is 0 Å². The summed E-state index contributed by atoms with van der Waals surface area (Å²) in [6, 6.07) is 7.41. The van der Waals surface area contributed by atoms with Crippen molar-refractivity contribution in [1.82, 2.24) is 4.98 Å². The fourth-order valence-corrected chi connectivity index (χ4v) is 4.03. The summed E-state index contributed by atoms with van der Waals surface area (Å²) in [5, 5.41) is 3.62. The number of rotatable bonds is 2. The van der Waals surface area contributed by atoms with Gasteiger partial charge in [0.25, 0.3) is 5.91 Å². The van der Waals surface area contributed by atoms with E-state index in [1.165, 1.54) is 11.3 Å². The molecule has 0 saturated carbocycles. The Kier molecular flexibility index (Phi) is 3.89. The van der Waals surface area contributed by atoms with Crippen LogP contribution < -0.4 is 5.32 Å². The van der Waals surface area contributed by atoms with Crippen molar-refractivity contribution >= 4 is 38.3 Å². The van der Waals surface area contributed by atoms with Gasteiger partial charge in [-0.1, -0.05) is 19.1 Å². The zero-order valence-electron chi connectivity index (χ0n) is 11.1. The van der Waals surface area contributed by atoms with E-state index in [1.54, 1.807) is 17.4 Å². The molecule has 1 unspecified atom stereocenters. The standard InChI is InChI=1S/C15H15BrN2OS/c1-9-6-7-12-13(8-9)20-15(17-12)18-14(19)10-4-2-3-5-11(10)16/h2-5,9H,6-8H2,1H3,(H,17,18,19). The average molecular weight is 351 g/mol. The number of aromatic nitrogens is 1. The van der Waals surface area contributed by atoms with E-state index in [0.29, 0.717) is 10.7 Å². The highest BCUT2D eigenvalue weighted by molar-refractivity contribution is 9.10. The molecule has 0 spiro atoms. The highest BCUT2D eigenvalue weighted by Gasteiger charge is 2.21. The van der Waals surface area contributed by atoms with Gasteiger partial charge < -0.3 is 0 Å². The van der Waals surface area contributed by atoms with Crippen LogP contribution in [-0.4, -0.2) is 10.9 Å². The van der Waals surface area contributed by atoms with E-state index in [0.717, 1.165) is 28.9 Å². The molecule has 0 radical (unpaired) electrons. The molecule has 2 aromatic rings. The lowest BCUT2D eigenvalue weighted by Gasteiger charge is -2.15. The molecule has 1 heterocycles. The highest BCUT2D eigenvalue weighted by atomic mass is 79.9. The summed E-state index contributed by atoms with van der Waals surface area (Å²) in [6.07, 6.45) is 3.30. The lowest BCUT2D eigenvalue weighted by Crippen LogP contribution is -2.12.